The highest BCUT2D eigenvalue weighted by atomic mass is 32.2. The molecule has 0 aromatic carbocycles. The molecular weight excluding hydrogens is 522 g/mol. The summed E-state index contributed by atoms with van der Waals surface area (Å²) in [5.41, 5.74) is 2.14. The van der Waals surface area contributed by atoms with E-state index in [0.29, 0.717) is 25.2 Å². The number of hydrogen-bond acceptors (Lipinski definition) is 10. The third kappa shape index (κ3) is 6.12. The molecule has 1 aliphatic carbocycles. The highest BCUT2D eigenvalue weighted by Crippen LogP contribution is 2.41. The van der Waals surface area contributed by atoms with Crippen LogP contribution in [0, 0.1) is 6.92 Å². The first kappa shape index (κ1) is 28.2. The normalized spacial score (nSPS) is 14.1. The maximum absolute atomic E-state index is 13.2. The average molecular weight is 554 g/mol. The summed E-state index contributed by atoms with van der Waals surface area (Å²) in [5.74, 6) is -1.88. The summed E-state index contributed by atoms with van der Waals surface area (Å²) in [4.78, 5) is 52.2. The molecule has 0 saturated carbocycles. The zero-order valence-electron chi connectivity index (χ0n) is 21.1. The minimum absolute atomic E-state index is 0.207. The van der Waals surface area contributed by atoms with Crippen LogP contribution in [0.5, 0.6) is 0 Å². The molecule has 2 aromatic rings. The minimum Gasteiger partial charge on any atom is -0.465 e. The molecule has 1 N–H and O–H groups in total. The Balaban J connectivity index is 1.88. The molecule has 1 atom stereocenters. The molecular formula is C25H31NO7S3. The molecule has 8 nitrogen and oxygen atoms in total. The fraction of sp³-hybridized carbons (Fsp3) is 0.520. The molecule has 196 valence electrons. The lowest BCUT2D eigenvalue weighted by molar-refractivity contribution is -0.115. The van der Waals surface area contributed by atoms with E-state index in [-0.39, 0.29) is 18.1 Å². The van der Waals surface area contributed by atoms with Gasteiger partial charge in [-0.05, 0) is 57.6 Å². The van der Waals surface area contributed by atoms with Crippen molar-refractivity contribution in [1.82, 2.24) is 0 Å². The van der Waals surface area contributed by atoms with Gasteiger partial charge in [0.05, 0.1) is 41.4 Å². The third-order valence-corrected chi connectivity index (χ3v) is 9.71. The molecule has 0 saturated heterocycles. The van der Waals surface area contributed by atoms with Crippen LogP contribution >= 0.6 is 34.4 Å². The number of fused-ring (bicyclic) bond motifs is 1. The van der Waals surface area contributed by atoms with Gasteiger partial charge in [0, 0.05) is 4.88 Å². The van der Waals surface area contributed by atoms with Gasteiger partial charge >= 0.3 is 17.9 Å². The number of carbonyl (C=O) groups is 4. The first-order chi connectivity index (χ1) is 17.2. The molecule has 1 unspecified atom stereocenters. The highest BCUT2D eigenvalue weighted by Gasteiger charge is 2.30. The molecule has 2 aromatic heterocycles. The molecule has 36 heavy (non-hydrogen) atoms. The Morgan fingerprint density at radius 1 is 0.944 bits per heavy atom. The monoisotopic (exact) mass is 553 g/mol. The van der Waals surface area contributed by atoms with E-state index in [0.717, 1.165) is 72.1 Å². The number of thioether (sulfide) groups is 1. The summed E-state index contributed by atoms with van der Waals surface area (Å²) in [6.07, 6.45) is 5.95. The van der Waals surface area contributed by atoms with Crippen molar-refractivity contribution < 1.29 is 33.4 Å². The minimum atomic E-state index is -0.628. The lowest BCUT2D eigenvalue weighted by atomic mass is 9.96. The number of ether oxygens (including phenoxy) is 3. The van der Waals surface area contributed by atoms with Crippen molar-refractivity contribution in [3.05, 3.63) is 32.0 Å². The van der Waals surface area contributed by atoms with E-state index in [4.69, 9.17) is 14.2 Å². The van der Waals surface area contributed by atoms with E-state index < -0.39 is 23.2 Å². The standard InChI is InChI=1S/C25H31NO7S3/c1-6-33-24(30)19-13(2)17(22(28)31-4)25(36-19)34-14(3)20(27)26-21-18(23(29)32-5)15-11-9-7-8-10-12-16(15)35-21/h14H,6-12H2,1-5H3,(H,26,27). The summed E-state index contributed by atoms with van der Waals surface area (Å²) >= 11 is 3.70. The molecule has 1 amide bonds. The van der Waals surface area contributed by atoms with Crippen molar-refractivity contribution in [3.8, 4) is 0 Å². The topological polar surface area (TPSA) is 108 Å². The van der Waals surface area contributed by atoms with Crippen LogP contribution in [0.1, 0.15) is 85.9 Å². The van der Waals surface area contributed by atoms with Gasteiger partial charge in [0.25, 0.3) is 0 Å². The third-order valence-electron chi connectivity index (χ3n) is 5.92. The molecule has 0 fully saturated rings. The Labute approximate surface area is 223 Å². The molecule has 0 bridgehead atoms. The van der Waals surface area contributed by atoms with Crippen molar-refractivity contribution in [3.63, 3.8) is 0 Å². The Kier molecular flexibility index (Phi) is 9.98. The summed E-state index contributed by atoms with van der Waals surface area (Å²) in [6.45, 7) is 5.28. The van der Waals surface area contributed by atoms with Gasteiger partial charge < -0.3 is 19.5 Å². The van der Waals surface area contributed by atoms with E-state index >= 15 is 0 Å². The summed E-state index contributed by atoms with van der Waals surface area (Å²) in [5, 5.41) is 2.79. The van der Waals surface area contributed by atoms with Crippen LogP contribution in [-0.2, 0) is 31.8 Å². The van der Waals surface area contributed by atoms with Crippen LogP contribution in [0.4, 0.5) is 5.00 Å². The second kappa shape index (κ2) is 12.7. The van der Waals surface area contributed by atoms with E-state index in [1.54, 1.807) is 20.8 Å². The summed E-state index contributed by atoms with van der Waals surface area (Å²) in [6, 6.07) is 0. The summed E-state index contributed by atoms with van der Waals surface area (Å²) < 4.78 is 15.6. The molecule has 0 spiro atoms. The van der Waals surface area contributed by atoms with Gasteiger partial charge in [0.15, 0.2) is 0 Å². The van der Waals surface area contributed by atoms with Gasteiger partial charge in [-0.1, -0.05) is 12.8 Å². The van der Waals surface area contributed by atoms with Crippen LogP contribution in [-0.4, -0.2) is 49.9 Å². The first-order valence-electron chi connectivity index (χ1n) is 11.8. The average Bonchev–Trinajstić information content (AvgIpc) is 3.34. The number of thiophene rings is 2. The molecule has 0 radical (unpaired) electrons. The van der Waals surface area contributed by atoms with E-state index in [1.165, 1.54) is 25.6 Å². The van der Waals surface area contributed by atoms with Crippen molar-refractivity contribution in [2.75, 3.05) is 26.1 Å². The fourth-order valence-corrected chi connectivity index (χ4v) is 7.97. The Hall–Kier alpha value is -2.37. The summed E-state index contributed by atoms with van der Waals surface area (Å²) in [7, 11) is 2.61. The number of esters is 3. The van der Waals surface area contributed by atoms with Crippen molar-refractivity contribution in [2.24, 2.45) is 0 Å². The van der Waals surface area contributed by atoms with Crippen LogP contribution in [0.3, 0.4) is 0 Å². The number of aryl methyl sites for hydroxylation is 1. The quantitative estimate of drug-likeness (QED) is 0.254. The fourth-order valence-electron chi connectivity index (χ4n) is 4.05. The first-order valence-corrected chi connectivity index (χ1v) is 14.3. The molecule has 3 rings (SSSR count). The van der Waals surface area contributed by atoms with Crippen molar-refractivity contribution >= 4 is 63.3 Å². The number of nitrogens with one attached hydrogen (secondary N) is 1. The number of methoxy groups -OCH3 is 2. The number of hydrogen-bond donors (Lipinski definition) is 1. The zero-order chi connectivity index (χ0) is 26.4. The Morgan fingerprint density at radius 3 is 2.22 bits per heavy atom. The SMILES string of the molecule is CCOC(=O)c1sc(SC(C)C(=O)Nc2sc3c(c2C(=O)OC)CCCCCC3)c(C(=O)OC)c1C. The van der Waals surface area contributed by atoms with Crippen molar-refractivity contribution in [1.29, 1.82) is 0 Å². The number of anilines is 1. The smallest absolute Gasteiger partial charge is 0.348 e. The van der Waals surface area contributed by atoms with Gasteiger partial charge in [-0.2, -0.15) is 0 Å². The van der Waals surface area contributed by atoms with Crippen LogP contribution in [0.15, 0.2) is 4.21 Å². The van der Waals surface area contributed by atoms with Gasteiger partial charge in [-0.25, -0.2) is 14.4 Å². The van der Waals surface area contributed by atoms with Gasteiger partial charge in [0.1, 0.15) is 9.88 Å². The maximum atomic E-state index is 13.2. The second-order valence-corrected chi connectivity index (χ2v) is 12.0. The lowest BCUT2D eigenvalue weighted by Gasteiger charge is -2.13. The number of carbonyl (C=O) groups excluding carboxylic acids is 4. The molecule has 2 heterocycles. The van der Waals surface area contributed by atoms with E-state index in [2.05, 4.69) is 5.32 Å². The molecule has 11 heteroatoms. The predicted molar refractivity (Wildman–Crippen MR) is 142 cm³/mol. The van der Waals surface area contributed by atoms with Crippen LogP contribution in [0.25, 0.3) is 0 Å². The van der Waals surface area contributed by atoms with Crippen molar-refractivity contribution in [2.45, 2.75) is 68.8 Å². The van der Waals surface area contributed by atoms with Crippen LogP contribution < -0.4 is 5.32 Å². The van der Waals surface area contributed by atoms with Gasteiger partial charge in [-0.15, -0.1) is 34.4 Å². The number of rotatable bonds is 8. The Bertz CT molecular complexity index is 1150. The number of amides is 1. The van der Waals surface area contributed by atoms with Crippen LogP contribution in [0.2, 0.25) is 0 Å². The largest absolute Gasteiger partial charge is 0.465 e. The molecule has 1 aliphatic rings. The Morgan fingerprint density at radius 2 is 1.58 bits per heavy atom. The predicted octanol–water partition coefficient (Wildman–Crippen LogP) is 5.65. The van der Waals surface area contributed by atoms with Gasteiger partial charge in [0.2, 0.25) is 5.91 Å². The lowest BCUT2D eigenvalue weighted by Crippen LogP contribution is -2.23. The van der Waals surface area contributed by atoms with Gasteiger partial charge in [-0.3, -0.25) is 4.79 Å². The van der Waals surface area contributed by atoms with E-state index in [1.807, 2.05) is 0 Å². The second-order valence-electron chi connectivity index (χ2n) is 8.29. The zero-order valence-corrected chi connectivity index (χ0v) is 23.6. The van der Waals surface area contributed by atoms with E-state index in [9.17, 15) is 19.2 Å². The molecule has 0 aliphatic heterocycles. The highest BCUT2D eigenvalue weighted by molar-refractivity contribution is 8.02. The maximum Gasteiger partial charge on any atom is 0.348 e.